The molecule has 2 aromatic heterocycles. The molecule has 3 heterocycles. The molecular formula is C17H27N5O2. The number of hydrogen-bond acceptors (Lipinski definition) is 6. The lowest BCUT2D eigenvalue weighted by atomic mass is 10.2. The summed E-state index contributed by atoms with van der Waals surface area (Å²) in [7, 11) is 4.34. The van der Waals surface area contributed by atoms with Crippen molar-refractivity contribution in [3.63, 3.8) is 0 Å². The molecule has 0 aromatic carbocycles. The summed E-state index contributed by atoms with van der Waals surface area (Å²) in [6.45, 7) is 5.63. The number of aliphatic hydroxyl groups is 1. The van der Waals surface area contributed by atoms with Crippen LogP contribution < -0.4 is 0 Å². The van der Waals surface area contributed by atoms with Gasteiger partial charge in [-0.3, -0.25) is 0 Å². The van der Waals surface area contributed by atoms with E-state index < -0.39 is 0 Å². The third-order valence-corrected chi connectivity index (χ3v) is 4.70. The van der Waals surface area contributed by atoms with Crippen LogP contribution in [0.1, 0.15) is 18.0 Å². The summed E-state index contributed by atoms with van der Waals surface area (Å²) in [5.74, 6) is 3.01. The van der Waals surface area contributed by atoms with Crippen molar-refractivity contribution in [1.82, 2.24) is 24.6 Å². The van der Waals surface area contributed by atoms with E-state index in [2.05, 4.69) is 34.0 Å². The number of likely N-dealkylation sites (N-methyl/N-ethyl adjacent to an activating group) is 2. The Kier molecular flexibility index (Phi) is 5.33. The van der Waals surface area contributed by atoms with E-state index in [0.29, 0.717) is 24.2 Å². The normalized spacial score (nSPS) is 18.8. The van der Waals surface area contributed by atoms with Crippen LogP contribution in [-0.4, -0.2) is 76.0 Å². The second-order valence-electron chi connectivity index (χ2n) is 6.64. The van der Waals surface area contributed by atoms with Gasteiger partial charge in [-0.15, -0.1) is 5.10 Å². The molecule has 0 radical (unpaired) electrons. The molecule has 0 bridgehead atoms. The minimum absolute atomic E-state index is 0.0518. The van der Waals surface area contributed by atoms with Gasteiger partial charge in [-0.2, -0.15) is 0 Å². The highest BCUT2D eigenvalue weighted by atomic mass is 16.3. The SMILES string of the molecule is Cc1ccc(-c2nc(CCN(C)[C@@H]3CCN(C)C3)n(CCO)n2)o1. The maximum atomic E-state index is 9.28. The smallest absolute Gasteiger partial charge is 0.217 e. The van der Waals surface area contributed by atoms with Crippen LogP contribution in [0, 0.1) is 6.92 Å². The minimum atomic E-state index is 0.0518. The standard InChI is InChI=1S/C17H27N5O2/c1-13-4-5-15(24-13)17-18-16(22(19-17)10-11-23)7-9-21(3)14-6-8-20(2)12-14/h4-5,14,23H,6-12H2,1-3H3/t14-/m1/s1. The number of hydrogen-bond donors (Lipinski definition) is 1. The van der Waals surface area contributed by atoms with Gasteiger partial charge in [-0.05, 0) is 46.1 Å². The molecule has 0 saturated carbocycles. The third kappa shape index (κ3) is 3.85. The lowest BCUT2D eigenvalue weighted by Crippen LogP contribution is -2.35. The molecule has 1 atom stereocenters. The summed E-state index contributed by atoms with van der Waals surface area (Å²) >= 11 is 0. The Hall–Kier alpha value is -1.70. The molecule has 1 aliphatic heterocycles. The monoisotopic (exact) mass is 333 g/mol. The molecule has 24 heavy (non-hydrogen) atoms. The average Bonchev–Trinajstić information content (AvgIpc) is 3.26. The predicted molar refractivity (Wildman–Crippen MR) is 91.8 cm³/mol. The molecule has 0 aliphatic carbocycles. The van der Waals surface area contributed by atoms with Crippen LogP contribution in [0.5, 0.6) is 0 Å². The molecule has 0 amide bonds. The van der Waals surface area contributed by atoms with Gasteiger partial charge < -0.3 is 19.3 Å². The third-order valence-electron chi connectivity index (χ3n) is 4.70. The lowest BCUT2D eigenvalue weighted by Gasteiger charge is -2.23. The first-order valence-electron chi connectivity index (χ1n) is 8.57. The topological polar surface area (TPSA) is 70.6 Å². The highest BCUT2D eigenvalue weighted by molar-refractivity contribution is 5.46. The van der Waals surface area contributed by atoms with Gasteiger partial charge in [-0.25, -0.2) is 9.67 Å². The molecule has 132 valence electrons. The average molecular weight is 333 g/mol. The maximum Gasteiger partial charge on any atom is 0.217 e. The van der Waals surface area contributed by atoms with Crippen molar-refractivity contribution in [3.8, 4) is 11.6 Å². The molecule has 1 aliphatic rings. The van der Waals surface area contributed by atoms with Gasteiger partial charge in [0.25, 0.3) is 0 Å². The summed E-state index contributed by atoms with van der Waals surface area (Å²) in [6.07, 6.45) is 2.02. The van der Waals surface area contributed by atoms with Crippen LogP contribution in [0.15, 0.2) is 16.5 Å². The van der Waals surface area contributed by atoms with Crippen molar-refractivity contribution in [1.29, 1.82) is 0 Å². The first-order valence-corrected chi connectivity index (χ1v) is 8.57. The number of rotatable bonds is 7. The van der Waals surface area contributed by atoms with E-state index in [-0.39, 0.29) is 6.61 Å². The van der Waals surface area contributed by atoms with E-state index >= 15 is 0 Å². The number of aryl methyl sites for hydroxylation is 1. The Balaban J connectivity index is 1.68. The fourth-order valence-corrected chi connectivity index (χ4v) is 3.22. The first kappa shape index (κ1) is 17.1. The fourth-order valence-electron chi connectivity index (χ4n) is 3.22. The second kappa shape index (κ2) is 7.46. The van der Waals surface area contributed by atoms with Gasteiger partial charge in [-0.1, -0.05) is 0 Å². The largest absolute Gasteiger partial charge is 0.458 e. The van der Waals surface area contributed by atoms with Crippen molar-refractivity contribution >= 4 is 0 Å². The van der Waals surface area contributed by atoms with E-state index in [1.165, 1.54) is 6.42 Å². The van der Waals surface area contributed by atoms with Crippen molar-refractivity contribution in [2.45, 2.75) is 32.4 Å². The number of aliphatic hydroxyl groups excluding tert-OH is 1. The number of nitrogens with zero attached hydrogens (tertiary/aromatic N) is 5. The van der Waals surface area contributed by atoms with E-state index in [9.17, 15) is 5.11 Å². The van der Waals surface area contributed by atoms with Crippen molar-refractivity contribution in [3.05, 3.63) is 23.7 Å². The van der Waals surface area contributed by atoms with Gasteiger partial charge in [0.2, 0.25) is 5.82 Å². The zero-order chi connectivity index (χ0) is 17.1. The Morgan fingerprint density at radius 2 is 2.25 bits per heavy atom. The number of furan rings is 1. The van der Waals surface area contributed by atoms with Crippen LogP contribution >= 0.6 is 0 Å². The molecule has 0 unspecified atom stereocenters. The van der Waals surface area contributed by atoms with Gasteiger partial charge in [0, 0.05) is 25.6 Å². The molecule has 3 rings (SSSR count). The number of likely N-dealkylation sites (tertiary alicyclic amines) is 1. The first-order chi connectivity index (χ1) is 11.6. The van der Waals surface area contributed by atoms with Crippen molar-refractivity contribution in [2.75, 3.05) is 40.3 Å². The summed E-state index contributed by atoms with van der Waals surface area (Å²) < 4.78 is 7.41. The Morgan fingerprint density at radius 1 is 1.42 bits per heavy atom. The lowest BCUT2D eigenvalue weighted by molar-refractivity contribution is 0.238. The Bertz CT molecular complexity index is 666. The van der Waals surface area contributed by atoms with Crippen LogP contribution in [0.3, 0.4) is 0 Å². The molecule has 7 heteroatoms. The summed E-state index contributed by atoms with van der Waals surface area (Å²) in [5.41, 5.74) is 0. The molecule has 7 nitrogen and oxygen atoms in total. The van der Waals surface area contributed by atoms with Crippen LogP contribution in [0.25, 0.3) is 11.6 Å². The van der Waals surface area contributed by atoms with Crippen molar-refractivity contribution < 1.29 is 9.52 Å². The molecule has 1 fully saturated rings. The van der Waals surface area contributed by atoms with E-state index in [1.54, 1.807) is 4.68 Å². The van der Waals surface area contributed by atoms with Crippen LogP contribution in [-0.2, 0) is 13.0 Å². The molecule has 1 N–H and O–H groups in total. The van der Waals surface area contributed by atoms with Crippen LogP contribution in [0.4, 0.5) is 0 Å². The summed E-state index contributed by atoms with van der Waals surface area (Å²) in [4.78, 5) is 9.40. The summed E-state index contributed by atoms with van der Waals surface area (Å²) in [6, 6.07) is 4.40. The molecule has 2 aromatic rings. The van der Waals surface area contributed by atoms with E-state index in [1.807, 2.05) is 19.1 Å². The molecular weight excluding hydrogens is 306 g/mol. The fraction of sp³-hybridized carbons (Fsp3) is 0.647. The molecule has 0 spiro atoms. The zero-order valence-electron chi connectivity index (χ0n) is 14.8. The summed E-state index contributed by atoms with van der Waals surface area (Å²) in [5, 5.41) is 13.8. The highest BCUT2D eigenvalue weighted by Crippen LogP contribution is 2.19. The molecule has 1 saturated heterocycles. The van der Waals surface area contributed by atoms with E-state index in [0.717, 1.165) is 37.6 Å². The quantitative estimate of drug-likeness (QED) is 0.816. The van der Waals surface area contributed by atoms with Gasteiger partial charge >= 0.3 is 0 Å². The zero-order valence-corrected chi connectivity index (χ0v) is 14.8. The maximum absolute atomic E-state index is 9.28. The number of aromatic nitrogens is 3. The highest BCUT2D eigenvalue weighted by Gasteiger charge is 2.23. The van der Waals surface area contributed by atoms with E-state index in [4.69, 9.17) is 4.42 Å². The Morgan fingerprint density at radius 3 is 2.88 bits per heavy atom. The van der Waals surface area contributed by atoms with Crippen molar-refractivity contribution in [2.24, 2.45) is 0 Å². The Labute approximate surface area is 142 Å². The van der Waals surface area contributed by atoms with Gasteiger partial charge in [0.1, 0.15) is 11.6 Å². The van der Waals surface area contributed by atoms with Crippen LogP contribution in [0.2, 0.25) is 0 Å². The van der Waals surface area contributed by atoms with Gasteiger partial charge in [0.15, 0.2) is 5.76 Å². The van der Waals surface area contributed by atoms with Gasteiger partial charge in [0.05, 0.1) is 13.2 Å². The second-order valence-corrected chi connectivity index (χ2v) is 6.64. The predicted octanol–water partition coefficient (Wildman–Crippen LogP) is 1.02. The minimum Gasteiger partial charge on any atom is -0.458 e.